The molecule has 1 aromatic carbocycles. The average molecular weight is 303 g/mol. The molecule has 2 aliphatic rings. The molecule has 5 nitrogen and oxygen atoms in total. The van der Waals surface area contributed by atoms with E-state index in [0.717, 1.165) is 12.8 Å². The third-order valence-corrected chi connectivity index (χ3v) is 4.51. The van der Waals surface area contributed by atoms with Gasteiger partial charge in [-0.2, -0.15) is 0 Å². The van der Waals surface area contributed by atoms with Crippen molar-refractivity contribution in [2.24, 2.45) is 5.92 Å². The number of aromatic hydroxyl groups is 1. The van der Waals surface area contributed by atoms with E-state index in [1.807, 2.05) is 0 Å². The lowest BCUT2D eigenvalue weighted by Gasteiger charge is -2.26. The van der Waals surface area contributed by atoms with Crippen LogP contribution in [0.3, 0.4) is 0 Å². The average Bonchev–Trinajstić information content (AvgIpc) is 2.54. The number of hydrogen-bond donors (Lipinski definition) is 2. The van der Waals surface area contributed by atoms with Crippen molar-refractivity contribution >= 4 is 11.7 Å². The zero-order valence-corrected chi connectivity index (χ0v) is 12.5. The molecular weight excluding hydrogens is 282 g/mol. The Kier molecular flexibility index (Phi) is 4.32. The summed E-state index contributed by atoms with van der Waals surface area (Å²) >= 11 is 0. The Morgan fingerprint density at radius 3 is 2.82 bits per heavy atom. The first-order valence-electron chi connectivity index (χ1n) is 7.94. The van der Waals surface area contributed by atoms with Crippen LogP contribution >= 0.6 is 0 Å². The third-order valence-electron chi connectivity index (χ3n) is 4.51. The van der Waals surface area contributed by atoms with Crippen molar-refractivity contribution in [2.45, 2.75) is 44.6 Å². The molecule has 118 valence electrons. The molecule has 0 saturated heterocycles. The Labute approximate surface area is 129 Å². The fourth-order valence-electron chi connectivity index (χ4n) is 3.23. The molecule has 1 amide bonds. The normalized spacial score (nSPS) is 21.8. The second-order valence-electron chi connectivity index (χ2n) is 6.14. The van der Waals surface area contributed by atoms with Crippen molar-refractivity contribution in [3.05, 3.63) is 23.8 Å². The van der Waals surface area contributed by atoms with Crippen LogP contribution in [0.1, 0.15) is 48.9 Å². The summed E-state index contributed by atoms with van der Waals surface area (Å²) in [6, 6.07) is 4.65. The number of carbonyl (C=O) groups excluding carboxylic acids is 2. The van der Waals surface area contributed by atoms with Gasteiger partial charge in [-0.25, -0.2) is 0 Å². The summed E-state index contributed by atoms with van der Waals surface area (Å²) < 4.78 is 5.55. The van der Waals surface area contributed by atoms with Gasteiger partial charge in [0.15, 0.2) is 23.4 Å². The number of benzene rings is 1. The number of nitrogens with one attached hydrogen (secondary N) is 1. The lowest BCUT2D eigenvalue weighted by molar-refractivity contribution is -0.128. The molecule has 1 aliphatic heterocycles. The van der Waals surface area contributed by atoms with Gasteiger partial charge < -0.3 is 15.2 Å². The maximum Gasteiger partial charge on any atom is 0.261 e. The Hall–Kier alpha value is -2.04. The third kappa shape index (κ3) is 3.08. The van der Waals surface area contributed by atoms with Gasteiger partial charge in [0.1, 0.15) is 0 Å². The number of Topliss-reactive ketones (excluding diaryl/α,β-unsaturated/α-hetero) is 1. The van der Waals surface area contributed by atoms with Gasteiger partial charge in [0, 0.05) is 6.54 Å². The van der Waals surface area contributed by atoms with Crippen molar-refractivity contribution in [1.29, 1.82) is 0 Å². The molecule has 1 aromatic rings. The first-order chi connectivity index (χ1) is 10.6. The Morgan fingerprint density at radius 1 is 1.27 bits per heavy atom. The quantitative estimate of drug-likeness (QED) is 0.899. The predicted octanol–water partition coefficient (Wildman–Crippen LogP) is 2.42. The summed E-state index contributed by atoms with van der Waals surface area (Å²) in [6.07, 6.45) is 5.19. The van der Waals surface area contributed by atoms with Crippen molar-refractivity contribution in [2.75, 3.05) is 6.54 Å². The topological polar surface area (TPSA) is 75.6 Å². The minimum Gasteiger partial charge on any atom is -0.504 e. The molecule has 1 unspecified atom stereocenters. The number of fused-ring (bicyclic) bond motifs is 1. The molecule has 1 atom stereocenters. The van der Waals surface area contributed by atoms with Gasteiger partial charge in [0.05, 0.1) is 12.0 Å². The summed E-state index contributed by atoms with van der Waals surface area (Å²) in [5.41, 5.74) is 0.344. The van der Waals surface area contributed by atoms with Crippen LogP contribution in [0.4, 0.5) is 0 Å². The Bertz CT molecular complexity index is 578. The SMILES string of the molecule is O=C1CC(C(=O)NCC2CCCCC2)Oc2c(O)cccc21. The summed E-state index contributed by atoms with van der Waals surface area (Å²) in [4.78, 5) is 24.3. The Balaban J connectivity index is 1.62. The van der Waals surface area contributed by atoms with E-state index in [9.17, 15) is 14.7 Å². The first-order valence-corrected chi connectivity index (χ1v) is 7.94. The van der Waals surface area contributed by atoms with Crippen molar-refractivity contribution in [3.8, 4) is 11.5 Å². The van der Waals surface area contributed by atoms with E-state index in [4.69, 9.17) is 4.74 Å². The van der Waals surface area contributed by atoms with Gasteiger partial charge in [-0.1, -0.05) is 25.3 Å². The standard InChI is InChI=1S/C17H21NO4/c19-13-8-4-7-12-14(20)9-15(22-16(12)13)17(21)18-10-11-5-2-1-3-6-11/h4,7-8,11,15,19H,1-3,5-6,9-10H2,(H,18,21). The minimum absolute atomic E-state index is 0.0208. The van der Waals surface area contributed by atoms with Gasteiger partial charge >= 0.3 is 0 Å². The number of phenolic OH excluding ortho intramolecular Hbond substituents is 1. The molecule has 0 aromatic heterocycles. The molecular formula is C17H21NO4. The van der Waals surface area contributed by atoms with Crippen molar-refractivity contribution in [1.82, 2.24) is 5.32 Å². The fourth-order valence-corrected chi connectivity index (χ4v) is 3.23. The molecule has 3 rings (SSSR count). The van der Waals surface area contributed by atoms with Crippen molar-refractivity contribution < 1.29 is 19.4 Å². The van der Waals surface area contributed by atoms with Crippen LogP contribution in [0.25, 0.3) is 0 Å². The van der Waals surface area contributed by atoms with Crippen LogP contribution in [0.2, 0.25) is 0 Å². The molecule has 5 heteroatoms. The van der Waals surface area contributed by atoms with E-state index in [-0.39, 0.29) is 29.6 Å². The maximum absolute atomic E-state index is 12.2. The fraction of sp³-hybridized carbons (Fsp3) is 0.529. The van der Waals surface area contributed by atoms with E-state index in [1.54, 1.807) is 12.1 Å². The van der Waals surface area contributed by atoms with Crippen molar-refractivity contribution in [3.63, 3.8) is 0 Å². The number of hydrogen-bond acceptors (Lipinski definition) is 4. The summed E-state index contributed by atoms with van der Waals surface area (Å²) in [7, 11) is 0. The molecule has 1 heterocycles. The van der Waals surface area contributed by atoms with Crippen LogP contribution in [0.5, 0.6) is 11.5 Å². The monoisotopic (exact) mass is 303 g/mol. The van der Waals surface area contributed by atoms with E-state index in [2.05, 4.69) is 5.32 Å². The number of ketones is 1. The highest BCUT2D eigenvalue weighted by Crippen LogP contribution is 2.35. The van der Waals surface area contributed by atoms with Gasteiger partial charge in [-0.15, -0.1) is 0 Å². The summed E-state index contributed by atoms with van der Waals surface area (Å²) in [5.74, 6) is 0.104. The largest absolute Gasteiger partial charge is 0.504 e. The number of amides is 1. The molecule has 0 radical (unpaired) electrons. The first kappa shape index (κ1) is 14.9. The van der Waals surface area contributed by atoms with Gasteiger partial charge in [0.25, 0.3) is 5.91 Å². The number of para-hydroxylation sites is 1. The summed E-state index contributed by atoms with van der Waals surface area (Å²) in [5, 5.41) is 12.7. The highest BCUT2D eigenvalue weighted by Gasteiger charge is 2.33. The molecule has 1 saturated carbocycles. The van der Waals surface area contributed by atoms with E-state index < -0.39 is 6.10 Å². The smallest absolute Gasteiger partial charge is 0.261 e. The Morgan fingerprint density at radius 2 is 2.05 bits per heavy atom. The van der Waals surface area contributed by atoms with Crippen LogP contribution < -0.4 is 10.1 Å². The zero-order chi connectivity index (χ0) is 15.5. The lowest BCUT2D eigenvalue weighted by atomic mass is 9.89. The van der Waals surface area contributed by atoms with Crippen LogP contribution in [-0.2, 0) is 4.79 Å². The highest BCUT2D eigenvalue weighted by atomic mass is 16.5. The molecule has 2 N–H and O–H groups in total. The molecule has 0 spiro atoms. The zero-order valence-electron chi connectivity index (χ0n) is 12.5. The number of carbonyl (C=O) groups is 2. The second-order valence-corrected chi connectivity index (χ2v) is 6.14. The summed E-state index contributed by atoms with van der Waals surface area (Å²) in [6.45, 7) is 0.639. The minimum atomic E-state index is -0.850. The predicted molar refractivity (Wildman–Crippen MR) is 81.1 cm³/mol. The van der Waals surface area contributed by atoms with E-state index in [1.165, 1.54) is 25.3 Å². The van der Waals surface area contributed by atoms with E-state index >= 15 is 0 Å². The van der Waals surface area contributed by atoms with Crippen LogP contribution in [0.15, 0.2) is 18.2 Å². The van der Waals surface area contributed by atoms with Gasteiger partial charge in [0.2, 0.25) is 0 Å². The molecule has 1 fully saturated rings. The van der Waals surface area contributed by atoms with E-state index in [0.29, 0.717) is 18.0 Å². The lowest BCUT2D eigenvalue weighted by Crippen LogP contribution is -2.43. The number of phenols is 1. The van der Waals surface area contributed by atoms with Crippen LogP contribution in [0, 0.1) is 5.92 Å². The second kappa shape index (κ2) is 6.38. The molecule has 1 aliphatic carbocycles. The number of ether oxygens (including phenoxy) is 1. The molecule has 0 bridgehead atoms. The number of rotatable bonds is 3. The highest BCUT2D eigenvalue weighted by molar-refractivity contribution is 6.03. The van der Waals surface area contributed by atoms with Gasteiger partial charge in [-0.05, 0) is 30.9 Å². The van der Waals surface area contributed by atoms with Crippen LogP contribution in [-0.4, -0.2) is 29.4 Å². The maximum atomic E-state index is 12.2. The van der Waals surface area contributed by atoms with Gasteiger partial charge in [-0.3, -0.25) is 9.59 Å². The molecule has 22 heavy (non-hydrogen) atoms.